The van der Waals surface area contributed by atoms with E-state index in [9.17, 15) is 31.5 Å². The minimum absolute atomic E-state index is 0.165. The molecule has 4 aromatic rings. The number of nitrogens with zero attached hydrogens (tertiary/aromatic N) is 2. The molecule has 5 rings (SSSR count). The molecule has 0 atom stereocenters. The summed E-state index contributed by atoms with van der Waals surface area (Å²) in [5.74, 6) is -1.16. The summed E-state index contributed by atoms with van der Waals surface area (Å²) >= 11 is 5.94. The van der Waals surface area contributed by atoms with Crippen molar-refractivity contribution in [2.75, 3.05) is 12.4 Å². The molecular weight excluding hydrogens is 567 g/mol. The number of pyridine rings is 1. The van der Waals surface area contributed by atoms with E-state index in [1.807, 2.05) is 19.2 Å². The van der Waals surface area contributed by atoms with Gasteiger partial charge in [0, 0.05) is 59.7 Å². The van der Waals surface area contributed by atoms with Gasteiger partial charge < -0.3 is 15.2 Å². The van der Waals surface area contributed by atoms with E-state index in [-0.39, 0.29) is 36.8 Å². The summed E-state index contributed by atoms with van der Waals surface area (Å²) in [5, 5.41) is 7.27. The zero-order valence-electron chi connectivity index (χ0n) is 22.0. The summed E-state index contributed by atoms with van der Waals surface area (Å²) in [6.07, 6.45) is -6.94. The molecule has 1 fully saturated rings. The Balaban J connectivity index is 0.000000191. The van der Waals surface area contributed by atoms with Crippen molar-refractivity contribution in [1.82, 2.24) is 14.9 Å². The van der Waals surface area contributed by atoms with Crippen LogP contribution in [0, 0.1) is 5.41 Å². The highest BCUT2D eigenvalue weighted by molar-refractivity contribution is 6.30. The van der Waals surface area contributed by atoms with Gasteiger partial charge in [0.15, 0.2) is 6.29 Å². The van der Waals surface area contributed by atoms with Gasteiger partial charge in [0.25, 0.3) is 6.43 Å². The van der Waals surface area contributed by atoms with Gasteiger partial charge >= 0.3 is 6.18 Å². The number of benzene rings is 2. The smallest absolute Gasteiger partial charge is 0.388 e. The lowest BCUT2D eigenvalue weighted by Crippen LogP contribution is -2.40. The largest absolute Gasteiger partial charge is 0.403 e. The number of nitrogens with one attached hydrogen (secondary N) is 2. The van der Waals surface area contributed by atoms with Gasteiger partial charge in [-0.25, -0.2) is 8.78 Å². The van der Waals surface area contributed by atoms with Crippen LogP contribution in [0.4, 0.5) is 27.6 Å². The topological polar surface area (TPSA) is 76.0 Å². The quantitative estimate of drug-likeness (QED) is 0.174. The van der Waals surface area contributed by atoms with Crippen molar-refractivity contribution >= 4 is 40.4 Å². The Kier molecular flexibility index (Phi) is 8.67. The van der Waals surface area contributed by atoms with Crippen LogP contribution in [0.1, 0.15) is 40.9 Å². The molecule has 1 aliphatic carbocycles. The summed E-state index contributed by atoms with van der Waals surface area (Å²) in [6, 6.07) is 17.6. The monoisotopic (exact) mass is 592 g/mol. The fraction of sp³-hybridized carbons (Fsp3) is 0.276. The van der Waals surface area contributed by atoms with Gasteiger partial charge in [-0.2, -0.15) is 13.2 Å². The Hall–Kier alpha value is -3.99. The first-order valence-corrected chi connectivity index (χ1v) is 12.9. The van der Waals surface area contributed by atoms with Crippen LogP contribution in [0.15, 0.2) is 60.8 Å². The number of halogens is 6. The molecule has 2 heterocycles. The number of carbonyl (C=O) groups is 2. The number of fused-ring (bicyclic) bond motifs is 1. The molecule has 2 N–H and O–H groups in total. The van der Waals surface area contributed by atoms with Crippen molar-refractivity contribution < 1.29 is 31.5 Å². The predicted molar refractivity (Wildman–Crippen MR) is 147 cm³/mol. The Morgan fingerprint density at radius 1 is 1.12 bits per heavy atom. The van der Waals surface area contributed by atoms with Crippen LogP contribution in [0.25, 0.3) is 22.2 Å². The minimum Gasteiger partial charge on any atom is -0.388 e. The first kappa shape index (κ1) is 30.0. The highest BCUT2D eigenvalue weighted by Gasteiger charge is 2.68. The molecule has 41 heavy (non-hydrogen) atoms. The molecule has 12 heteroatoms. The number of anilines is 1. The average Bonchev–Trinajstić information content (AvgIpc) is 3.72. The number of aldehydes is 1. The van der Waals surface area contributed by atoms with Gasteiger partial charge in [0.05, 0.1) is 0 Å². The molecule has 1 amide bonds. The summed E-state index contributed by atoms with van der Waals surface area (Å²) < 4.78 is 65.5. The number of hydrogen-bond acceptors (Lipinski definition) is 4. The minimum atomic E-state index is -4.62. The molecule has 0 aliphatic heterocycles. The van der Waals surface area contributed by atoms with Crippen LogP contribution in [-0.2, 0) is 18.4 Å². The van der Waals surface area contributed by atoms with Gasteiger partial charge in [0.2, 0.25) is 5.91 Å². The summed E-state index contributed by atoms with van der Waals surface area (Å²) in [5.41, 5.74) is 1.46. The van der Waals surface area contributed by atoms with E-state index in [4.69, 9.17) is 11.6 Å². The third-order valence-electron chi connectivity index (χ3n) is 6.99. The average molecular weight is 593 g/mol. The SMILES string of the molecule is CNc1ccc2c(c1)cc(-c1ccc(Cl)cc1)n2C.O=Cc1cc(CNC(=O)C2(C(F)(F)F)CC2)cnc1C(F)F. The van der Waals surface area contributed by atoms with E-state index in [2.05, 4.69) is 63.6 Å². The molecule has 0 saturated heterocycles. The van der Waals surface area contributed by atoms with Gasteiger partial charge in [-0.3, -0.25) is 14.6 Å². The lowest BCUT2D eigenvalue weighted by atomic mass is 10.1. The number of amides is 1. The van der Waals surface area contributed by atoms with Crippen LogP contribution in [0.2, 0.25) is 5.02 Å². The van der Waals surface area contributed by atoms with Crippen molar-refractivity contribution in [3.63, 3.8) is 0 Å². The van der Waals surface area contributed by atoms with E-state index < -0.39 is 29.6 Å². The summed E-state index contributed by atoms with van der Waals surface area (Å²) in [4.78, 5) is 25.7. The fourth-order valence-corrected chi connectivity index (χ4v) is 4.56. The van der Waals surface area contributed by atoms with Crippen molar-refractivity contribution in [2.45, 2.75) is 32.0 Å². The zero-order chi connectivity index (χ0) is 29.9. The highest BCUT2D eigenvalue weighted by Crippen LogP contribution is 2.57. The fourth-order valence-electron chi connectivity index (χ4n) is 4.43. The first-order valence-electron chi connectivity index (χ1n) is 12.5. The maximum absolute atomic E-state index is 12.7. The van der Waals surface area contributed by atoms with E-state index in [1.54, 1.807) is 0 Å². The molecule has 0 bridgehead atoms. The zero-order valence-corrected chi connectivity index (χ0v) is 22.8. The summed E-state index contributed by atoms with van der Waals surface area (Å²) in [7, 11) is 4.02. The number of hydrogen-bond donors (Lipinski definition) is 2. The lowest BCUT2D eigenvalue weighted by molar-refractivity contribution is -0.192. The lowest BCUT2D eigenvalue weighted by Gasteiger charge is -2.18. The van der Waals surface area contributed by atoms with Crippen LogP contribution in [-0.4, -0.2) is 35.0 Å². The van der Waals surface area contributed by atoms with Crippen LogP contribution >= 0.6 is 11.6 Å². The normalized spacial score (nSPS) is 13.9. The molecule has 1 aliphatic rings. The van der Waals surface area contributed by atoms with E-state index in [1.165, 1.54) is 22.2 Å². The molecule has 2 aromatic heterocycles. The molecule has 0 spiro atoms. The molecule has 1 saturated carbocycles. The highest BCUT2D eigenvalue weighted by atomic mass is 35.5. The van der Waals surface area contributed by atoms with Crippen molar-refractivity contribution in [3.05, 3.63) is 82.6 Å². The Labute approximate surface area is 237 Å². The van der Waals surface area contributed by atoms with E-state index in [0.717, 1.165) is 23.0 Å². The van der Waals surface area contributed by atoms with Crippen molar-refractivity contribution in [1.29, 1.82) is 0 Å². The number of carbonyl (C=O) groups excluding carboxylic acids is 2. The van der Waals surface area contributed by atoms with E-state index >= 15 is 0 Å². The van der Waals surface area contributed by atoms with Gasteiger partial charge in [-0.15, -0.1) is 0 Å². The molecular formula is C29H26ClF5N4O2. The standard InChI is InChI=1S/C16H15ClN2.C13H11F5N2O2/c1-18-14-7-8-15-12(9-14)10-16(19(15)2)11-3-5-13(17)6-4-11;14-10(15)9-8(6-21)3-7(4-19-9)5-20-11(22)12(1-2-12)13(16,17)18/h3-10,18H,1-2H3;3-4,6,10H,1-2,5H2,(H,20,22). The first-order chi connectivity index (χ1) is 19.4. The third-order valence-corrected chi connectivity index (χ3v) is 7.24. The van der Waals surface area contributed by atoms with Crippen molar-refractivity contribution in [3.8, 4) is 11.3 Å². The second-order valence-electron chi connectivity index (χ2n) is 9.62. The molecule has 6 nitrogen and oxygen atoms in total. The van der Waals surface area contributed by atoms with Crippen molar-refractivity contribution in [2.24, 2.45) is 12.5 Å². The molecule has 0 unspecified atom stereocenters. The second kappa shape index (κ2) is 11.9. The molecule has 0 radical (unpaired) electrons. The second-order valence-corrected chi connectivity index (χ2v) is 10.1. The third kappa shape index (κ3) is 6.35. The number of alkyl halides is 5. The maximum Gasteiger partial charge on any atom is 0.403 e. The number of aromatic nitrogens is 2. The predicted octanol–water partition coefficient (Wildman–Crippen LogP) is 7.33. The Bertz CT molecular complexity index is 1560. The van der Waals surface area contributed by atoms with Crippen LogP contribution in [0.5, 0.6) is 0 Å². The van der Waals surface area contributed by atoms with Crippen LogP contribution in [0.3, 0.4) is 0 Å². The number of rotatable bonds is 7. The van der Waals surface area contributed by atoms with E-state index in [0.29, 0.717) is 0 Å². The Morgan fingerprint density at radius 3 is 2.37 bits per heavy atom. The van der Waals surface area contributed by atoms with Gasteiger partial charge in [-0.05, 0) is 66.4 Å². The summed E-state index contributed by atoms with van der Waals surface area (Å²) in [6.45, 7) is -0.325. The maximum atomic E-state index is 12.7. The molecule has 216 valence electrons. The number of aryl methyl sites for hydroxylation is 1. The Morgan fingerprint density at radius 2 is 1.80 bits per heavy atom. The van der Waals surface area contributed by atoms with Crippen LogP contribution < -0.4 is 10.6 Å². The van der Waals surface area contributed by atoms with Gasteiger partial charge in [-0.1, -0.05) is 23.7 Å². The van der Waals surface area contributed by atoms with Gasteiger partial charge in [0.1, 0.15) is 11.1 Å². The molecule has 2 aromatic carbocycles.